The molecule has 1 unspecified atom stereocenters. The molecule has 0 N–H and O–H groups in total. The van der Waals surface area contributed by atoms with E-state index in [0.717, 1.165) is 0 Å². The first-order valence-electron chi connectivity index (χ1n) is 4.84. The molecule has 4 nitrogen and oxygen atoms in total. The van der Waals surface area contributed by atoms with Crippen molar-refractivity contribution in [3.8, 4) is 0 Å². The summed E-state index contributed by atoms with van der Waals surface area (Å²) in [4.78, 5) is 22.5. The summed E-state index contributed by atoms with van der Waals surface area (Å²) in [6.07, 6.45) is 0. The Kier molecular flexibility index (Phi) is 3.69. The molecular weight excluding hydrogens is 359 g/mol. The maximum Gasteiger partial charge on any atom is 0.274 e. The first-order chi connectivity index (χ1) is 8.62. The SMILES string of the molecule is O=C1c2cccc([N+](=O)[O-])c2C(Cl)C(Cl)(Cl)C1(Cl)Cl. The van der Waals surface area contributed by atoms with Crippen LogP contribution in [0, 0.1) is 10.1 Å². The van der Waals surface area contributed by atoms with Crippen molar-refractivity contribution < 1.29 is 9.72 Å². The summed E-state index contributed by atoms with van der Waals surface area (Å²) in [5.74, 6) is -0.823. The van der Waals surface area contributed by atoms with Gasteiger partial charge in [0.1, 0.15) is 5.38 Å². The number of nitrogens with zero attached hydrogens (tertiary/aromatic N) is 1. The summed E-state index contributed by atoms with van der Waals surface area (Å²) >= 11 is 29.7. The van der Waals surface area contributed by atoms with Gasteiger partial charge in [0.25, 0.3) is 5.69 Å². The average molecular weight is 363 g/mol. The average Bonchev–Trinajstić information content (AvgIpc) is 2.34. The third kappa shape index (κ3) is 2.01. The first kappa shape index (κ1) is 15.1. The molecule has 102 valence electrons. The number of benzene rings is 1. The van der Waals surface area contributed by atoms with Crippen molar-refractivity contribution in [2.75, 3.05) is 0 Å². The van der Waals surface area contributed by atoms with Crippen LogP contribution in [0.1, 0.15) is 21.3 Å². The Morgan fingerprint density at radius 1 is 1.21 bits per heavy atom. The predicted molar refractivity (Wildman–Crippen MR) is 74.9 cm³/mol. The monoisotopic (exact) mass is 361 g/mol. The first-order valence-corrected chi connectivity index (χ1v) is 6.79. The van der Waals surface area contributed by atoms with Crippen LogP contribution in [0.3, 0.4) is 0 Å². The number of rotatable bonds is 1. The predicted octanol–water partition coefficient (Wildman–Crippen LogP) is 4.42. The highest BCUT2D eigenvalue weighted by atomic mass is 35.5. The summed E-state index contributed by atoms with van der Waals surface area (Å²) in [5, 5.41) is 9.68. The third-order valence-electron chi connectivity index (χ3n) is 2.80. The molecule has 0 saturated heterocycles. The minimum absolute atomic E-state index is 0.0591. The number of carbonyl (C=O) groups excluding carboxylic acids is 1. The third-order valence-corrected chi connectivity index (χ3v) is 5.90. The van der Waals surface area contributed by atoms with E-state index in [0.29, 0.717) is 0 Å². The van der Waals surface area contributed by atoms with Gasteiger partial charge in [-0.1, -0.05) is 58.5 Å². The molecule has 0 aliphatic heterocycles. The Morgan fingerprint density at radius 2 is 1.79 bits per heavy atom. The molecule has 1 aliphatic carbocycles. The number of halogens is 5. The Balaban J connectivity index is 2.81. The van der Waals surface area contributed by atoms with Crippen molar-refractivity contribution in [2.45, 2.75) is 14.0 Å². The normalized spacial score (nSPS) is 23.8. The fourth-order valence-corrected chi connectivity index (χ4v) is 3.15. The number of alkyl halides is 5. The molecule has 0 amide bonds. The lowest BCUT2D eigenvalue weighted by atomic mass is 9.87. The van der Waals surface area contributed by atoms with Gasteiger partial charge in [0.2, 0.25) is 10.1 Å². The summed E-state index contributed by atoms with van der Waals surface area (Å²) in [6.45, 7) is 0. The number of fused-ring (bicyclic) bond motifs is 1. The Bertz CT molecular complexity index is 587. The van der Waals surface area contributed by atoms with E-state index in [4.69, 9.17) is 58.0 Å². The second-order valence-electron chi connectivity index (χ2n) is 3.88. The quantitative estimate of drug-likeness (QED) is 0.422. The van der Waals surface area contributed by atoms with E-state index in [-0.39, 0.29) is 16.8 Å². The molecule has 0 heterocycles. The molecule has 9 heteroatoms. The van der Waals surface area contributed by atoms with E-state index in [2.05, 4.69) is 0 Å². The molecule has 0 fully saturated rings. The molecule has 19 heavy (non-hydrogen) atoms. The lowest BCUT2D eigenvalue weighted by Gasteiger charge is -2.39. The number of nitro benzene ring substituents is 1. The van der Waals surface area contributed by atoms with Crippen LogP contribution in [0.2, 0.25) is 0 Å². The molecule has 0 spiro atoms. The highest BCUT2D eigenvalue weighted by Gasteiger charge is 2.62. The Hall–Kier alpha value is -0.260. The minimum Gasteiger partial charge on any atom is -0.291 e. The van der Waals surface area contributed by atoms with Crippen molar-refractivity contribution in [3.05, 3.63) is 39.4 Å². The molecule has 1 aromatic rings. The van der Waals surface area contributed by atoms with Crippen LogP contribution in [0.15, 0.2) is 18.2 Å². The summed E-state index contributed by atoms with van der Waals surface area (Å²) in [6, 6.07) is 3.86. The molecule has 0 radical (unpaired) electrons. The van der Waals surface area contributed by atoms with Gasteiger partial charge >= 0.3 is 0 Å². The van der Waals surface area contributed by atoms with Crippen LogP contribution in [-0.4, -0.2) is 19.4 Å². The summed E-state index contributed by atoms with van der Waals surface area (Å²) in [7, 11) is 0. The van der Waals surface area contributed by atoms with Gasteiger partial charge in [-0.15, -0.1) is 11.6 Å². The van der Waals surface area contributed by atoms with Gasteiger partial charge in [0.15, 0.2) is 4.33 Å². The van der Waals surface area contributed by atoms with Crippen molar-refractivity contribution in [3.63, 3.8) is 0 Å². The molecule has 0 bridgehead atoms. The zero-order chi connectivity index (χ0) is 14.6. The maximum absolute atomic E-state index is 12.2. The van der Waals surface area contributed by atoms with E-state index < -0.39 is 24.8 Å². The van der Waals surface area contributed by atoms with Crippen molar-refractivity contribution >= 4 is 69.5 Å². The highest BCUT2D eigenvalue weighted by molar-refractivity contribution is 6.72. The topological polar surface area (TPSA) is 60.2 Å². The molecule has 2 rings (SSSR count). The van der Waals surface area contributed by atoms with Crippen LogP contribution < -0.4 is 0 Å². The van der Waals surface area contributed by atoms with E-state index in [1.165, 1.54) is 18.2 Å². The molecule has 0 saturated carbocycles. The molecular formula is C10H4Cl5NO3. The van der Waals surface area contributed by atoms with Gasteiger partial charge < -0.3 is 0 Å². The second-order valence-corrected chi connectivity index (χ2v) is 7.03. The zero-order valence-electron chi connectivity index (χ0n) is 8.87. The van der Waals surface area contributed by atoms with E-state index >= 15 is 0 Å². The van der Waals surface area contributed by atoms with Crippen molar-refractivity contribution in [2.24, 2.45) is 0 Å². The fraction of sp³-hybridized carbons (Fsp3) is 0.300. The van der Waals surface area contributed by atoms with Crippen molar-refractivity contribution in [1.82, 2.24) is 0 Å². The molecule has 1 aliphatic rings. The Morgan fingerprint density at radius 3 is 2.32 bits per heavy atom. The van der Waals surface area contributed by atoms with Crippen LogP contribution in [0.5, 0.6) is 0 Å². The van der Waals surface area contributed by atoms with E-state index in [1.54, 1.807) is 0 Å². The van der Waals surface area contributed by atoms with Gasteiger partial charge in [-0.2, -0.15) is 0 Å². The van der Waals surface area contributed by atoms with E-state index in [1.807, 2.05) is 0 Å². The summed E-state index contributed by atoms with van der Waals surface area (Å²) in [5.41, 5.74) is -0.502. The van der Waals surface area contributed by atoms with Gasteiger partial charge in [-0.3, -0.25) is 14.9 Å². The highest BCUT2D eigenvalue weighted by Crippen LogP contribution is 2.59. The molecule has 0 aromatic heterocycles. The Labute approximate surface area is 132 Å². The number of nitro groups is 1. The minimum atomic E-state index is -2.19. The van der Waals surface area contributed by atoms with Crippen LogP contribution >= 0.6 is 58.0 Å². The lowest BCUT2D eigenvalue weighted by molar-refractivity contribution is -0.385. The number of hydrogen-bond donors (Lipinski definition) is 0. The van der Waals surface area contributed by atoms with Crippen LogP contribution in [0.4, 0.5) is 5.69 Å². The largest absolute Gasteiger partial charge is 0.291 e. The van der Waals surface area contributed by atoms with Crippen molar-refractivity contribution in [1.29, 1.82) is 0 Å². The number of Topliss-reactive ketones (excluding diaryl/α,β-unsaturated/α-hetero) is 1. The van der Waals surface area contributed by atoms with E-state index in [9.17, 15) is 14.9 Å². The van der Waals surface area contributed by atoms with Gasteiger partial charge in [0, 0.05) is 11.6 Å². The smallest absolute Gasteiger partial charge is 0.274 e. The maximum atomic E-state index is 12.2. The molecule has 1 atom stereocenters. The van der Waals surface area contributed by atoms with Crippen LogP contribution in [0.25, 0.3) is 0 Å². The number of ketones is 1. The van der Waals surface area contributed by atoms with Gasteiger partial charge in [-0.05, 0) is 0 Å². The van der Waals surface area contributed by atoms with Gasteiger partial charge in [-0.25, -0.2) is 0 Å². The summed E-state index contributed by atoms with van der Waals surface area (Å²) < 4.78 is -4.28. The number of carbonyl (C=O) groups is 1. The van der Waals surface area contributed by atoms with Crippen LogP contribution in [-0.2, 0) is 0 Å². The zero-order valence-corrected chi connectivity index (χ0v) is 12.7. The fourth-order valence-electron chi connectivity index (χ4n) is 1.84. The molecule has 1 aromatic carbocycles. The standard InChI is InChI=1S/C10H4Cl5NO3/c11-7-6-4(2-1-3-5(6)16(18)19)8(17)10(14,15)9(7,12)13/h1-3,7H. The lowest BCUT2D eigenvalue weighted by Crippen LogP contribution is -2.50. The second kappa shape index (κ2) is 4.64. The number of hydrogen-bond acceptors (Lipinski definition) is 3. The van der Waals surface area contributed by atoms with Gasteiger partial charge in [0.05, 0.1) is 10.5 Å².